The first-order chi connectivity index (χ1) is 11.3. The summed E-state index contributed by atoms with van der Waals surface area (Å²) in [6.07, 6.45) is -1.20. The fourth-order valence-electron chi connectivity index (χ4n) is 2.30. The van der Waals surface area contributed by atoms with Crippen molar-refractivity contribution in [3.05, 3.63) is 52.8 Å². The van der Waals surface area contributed by atoms with Crippen LogP contribution in [0.1, 0.15) is 5.56 Å². The smallest absolute Gasteiger partial charge is 0.262 e. The van der Waals surface area contributed by atoms with Crippen LogP contribution in [-0.4, -0.2) is 20.5 Å². The van der Waals surface area contributed by atoms with E-state index in [1.807, 2.05) is 6.92 Å². The number of halogens is 2. The average molecular weight is 370 g/mol. The van der Waals surface area contributed by atoms with Gasteiger partial charge in [-0.25, -0.2) is 12.8 Å². The summed E-state index contributed by atoms with van der Waals surface area (Å²) in [6, 6.07) is 8.45. The van der Waals surface area contributed by atoms with Crippen molar-refractivity contribution < 1.29 is 17.6 Å². The number of anilines is 2. The molecule has 0 spiro atoms. The molecule has 0 radical (unpaired) electrons. The highest BCUT2D eigenvalue weighted by atomic mass is 35.5. The second kappa shape index (κ2) is 6.04. The Hall–Kier alpha value is -2.16. The molecule has 1 atom stereocenters. The largest absolute Gasteiger partial charge is 0.360 e. The standard InChI is InChI=1S/C15H13ClFN3O3S/c1-8-2-5-13-12(6-8)19-14(20-24(13,22)23)15(21)18-9-3-4-11(17)10(16)7-9/h2-7,14,19-20H,1H3,(H,18,21)/t14-/m0/s1. The van der Waals surface area contributed by atoms with Crippen LogP contribution in [-0.2, 0) is 14.8 Å². The van der Waals surface area contributed by atoms with Crippen LogP contribution >= 0.6 is 11.6 Å². The van der Waals surface area contributed by atoms with Gasteiger partial charge in [0.15, 0.2) is 6.17 Å². The van der Waals surface area contributed by atoms with Gasteiger partial charge in [-0.1, -0.05) is 17.7 Å². The van der Waals surface area contributed by atoms with Crippen LogP contribution < -0.4 is 15.4 Å². The highest BCUT2D eigenvalue weighted by molar-refractivity contribution is 7.89. The molecule has 3 rings (SSSR count). The number of sulfonamides is 1. The Bertz CT molecular complexity index is 934. The fraction of sp³-hybridized carbons (Fsp3) is 0.133. The number of hydrogen-bond acceptors (Lipinski definition) is 4. The summed E-state index contributed by atoms with van der Waals surface area (Å²) in [4.78, 5) is 12.4. The Morgan fingerprint density at radius 3 is 2.71 bits per heavy atom. The number of amides is 1. The monoisotopic (exact) mass is 369 g/mol. The lowest BCUT2D eigenvalue weighted by atomic mass is 10.2. The average Bonchev–Trinajstić information content (AvgIpc) is 2.49. The molecule has 1 amide bonds. The van der Waals surface area contributed by atoms with Crippen molar-refractivity contribution in [2.24, 2.45) is 0 Å². The molecule has 9 heteroatoms. The Morgan fingerprint density at radius 1 is 1.25 bits per heavy atom. The molecule has 0 saturated heterocycles. The third-order valence-electron chi connectivity index (χ3n) is 3.45. The topological polar surface area (TPSA) is 87.3 Å². The maximum atomic E-state index is 13.1. The fourth-order valence-corrected chi connectivity index (χ4v) is 3.74. The number of aryl methyl sites for hydroxylation is 1. The lowest BCUT2D eigenvalue weighted by Crippen LogP contribution is -2.51. The number of carbonyl (C=O) groups excluding carboxylic acids is 1. The Labute approximate surface area is 143 Å². The van der Waals surface area contributed by atoms with Gasteiger partial charge in [0.25, 0.3) is 5.91 Å². The van der Waals surface area contributed by atoms with Gasteiger partial charge in [-0.15, -0.1) is 0 Å². The molecule has 0 aromatic heterocycles. The van der Waals surface area contributed by atoms with Gasteiger partial charge < -0.3 is 10.6 Å². The van der Waals surface area contributed by atoms with Gasteiger partial charge in [-0.2, -0.15) is 4.72 Å². The van der Waals surface area contributed by atoms with Gasteiger partial charge in [0, 0.05) is 5.69 Å². The number of rotatable bonds is 2. The van der Waals surface area contributed by atoms with E-state index in [1.165, 1.54) is 18.2 Å². The summed E-state index contributed by atoms with van der Waals surface area (Å²) in [5.41, 5.74) is 1.44. The molecule has 6 nitrogen and oxygen atoms in total. The first-order valence-corrected chi connectivity index (χ1v) is 8.78. The molecule has 126 valence electrons. The van der Waals surface area contributed by atoms with Crippen molar-refractivity contribution in [3.63, 3.8) is 0 Å². The van der Waals surface area contributed by atoms with Gasteiger partial charge in [0.1, 0.15) is 10.7 Å². The molecule has 3 N–H and O–H groups in total. The van der Waals surface area contributed by atoms with Crippen LogP contribution in [0.15, 0.2) is 41.3 Å². The summed E-state index contributed by atoms with van der Waals surface area (Å²) in [5, 5.41) is 5.17. The zero-order valence-electron chi connectivity index (χ0n) is 12.4. The van der Waals surface area contributed by atoms with E-state index in [-0.39, 0.29) is 15.6 Å². The summed E-state index contributed by atoms with van der Waals surface area (Å²) in [7, 11) is -3.82. The van der Waals surface area contributed by atoms with E-state index in [0.29, 0.717) is 5.69 Å². The van der Waals surface area contributed by atoms with Crippen LogP contribution in [0.3, 0.4) is 0 Å². The van der Waals surface area contributed by atoms with Crippen molar-refractivity contribution >= 4 is 38.9 Å². The third kappa shape index (κ3) is 3.21. The summed E-state index contributed by atoms with van der Waals surface area (Å²) in [6.45, 7) is 1.81. The molecule has 24 heavy (non-hydrogen) atoms. The maximum Gasteiger partial charge on any atom is 0.262 e. The van der Waals surface area contributed by atoms with E-state index < -0.39 is 27.9 Å². The van der Waals surface area contributed by atoms with Crippen LogP contribution in [0.25, 0.3) is 0 Å². The highest BCUT2D eigenvalue weighted by Gasteiger charge is 2.33. The first-order valence-electron chi connectivity index (χ1n) is 6.92. The van der Waals surface area contributed by atoms with Crippen LogP contribution in [0.5, 0.6) is 0 Å². The molecule has 2 aromatic carbocycles. The van der Waals surface area contributed by atoms with Gasteiger partial charge in [0.2, 0.25) is 10.0 Å². The minimum atomic E-state index is -3.82. The molecule has 0 fully saturated rings. The molecule has 0 unspecified atom stereocenters. The Morgan fingerprint density at radius 2 is 2.00 bits per heavy atom. The minimum absolute atomic E-state index is 0.0713. The summed E-state index contributed by atoms with van der Waals surface area (Å²) < 4.78 is 39.9. The normalized spacial score (nSPS) is 18.4. The van der Waals surface area contributed by atoms with Crippen molar-refractivity contribution in [1.82, 2.24) is 4.72 Å². The lowest BCUT2D eigenvalue weighted by molar-refractivity contribution is -0.117. The van der Waals surface area contributed by atoms with E-state index in [2.05, 4.69) is 15.4 Å². The van der Waals surface area contributed by atoms with Gasteiger partial charge in [-0.05, 0) is 42.8 Å². The zero-order chi connectivity index (χ0) is 17.5. The molecule has 1 aliphatic rings. The molecule has 0 aliphatic carbocycles. The van der Waals surface area contributed by atoms with Crippen LogP contribution in [0.4, 0.5) is 15.8 Å². The summed E-state index contributed by atoms with van der Waals surface area (Å²) in [5.74, 6) is -1.26. The van der Waals surface area contributed by atoms with E-state index in [0.717, 1.165) is 11.6 Å². The molecule has 0 bridgehead atoms. The van der Waals surface area contributed by atoms with Crippen molar-refractivity contribution in [3.8, 4) is 0 Å². The van der Waals surface area contributed by atoms with Crippen LogP contribution in [0, 0.1) is 12.7 Å². The van der Waals surface area contributed by atoms with Crippen molar-refractivity contribution in [2.45, 2.75) is 18.0 Å². The number of hydrogen-bond donors (Lipinski definition) is 3. The molecular formula is C15H13ClFN3O3S. The number of carbonyl (C=O) groups is 1. The molecule has 1 aliphatic heterocycles. The predicted octanol–water partition coefficient (Wildman–Crippen LogP) is 2.46. The Balaban J connectivity index is 1.85. The quantitative estimate of drug-likeness (QED) is 0.758. The van der Waals surface area contributed by atoms with Gasteiger partial charge >= 0.3 is 0 Å². The number of fused-ring (bicyclic) bond motifs is 1. The number of nitrogens with one attached hydrogen (secondary N) is 3. The van der Waals surface area contributed by atoms with Crippen molar-refractivity contribution in [2.75, 3.05) is 10.6 Å². The van der Waals surface area contributed by atoms with E-state index in [1.54, 1.807) is 12.1 Å². The van der Waals surface area contributed by atoms with E-state index >= 15 is 0 Å². The molecule has 2 aromatic rings. The van der Waals surface area contributed by atoms with E-state index in [4.69, 9.17) is 11.6 Å². The zero-order valence-corrected chi connectivity index (χ0v) is 14.0. The summed E-state index contributed by atoms with van der Waals surface area (Å²) >= 11 is 5.66. The Kier molecular flexibility index (Phi) is 4.20. The van der Waals surface area contributed by atoms with Crippen molar-refractivity contribution in [1.29, 1.82) is 0 Å². The number of benzene rings is 2. The molecule has 1 heterocycles. The second-order valence-corrected chi connectivity index (χ2v) is 7.41. The van der Waals surface area contributed by atoms with Crippen LogP contribution in [0.2, 0.25) is 5.02 Å². The highest BCUT2D eigenvalue weighted by Crippen LogP contribution is 2.27. The first kappa shape index (κ1) is 16.7. The third-order valence-corrected chi connectivity index (χ3v) is 5.22. The lowest BCUT2D eigenvalue weighted by Gasteiger charge is -2.27. The molecular weight excluding hydrogens is 357 g/mol. The van der Waals surface area contributed by atoms with Gasteiger partial charge in [-0.3, -0.25) is 4.79 Å². The SMILES string of the molecule is Cc1ccc2c(c1)N[C@H](C(=O)Nc1ccc(F)c(Cl)c1)NS2(=O)=O. The maximum absolute atomic E-state index is 13.1. The second-order valence-electron chi connectivity index (χ2n) is 5.32. The predicted molar refractivity (Wildman–Crippen MR) is 89.0 cm³/mol. The molecule has 0 saturated carbocycles. The minimum Gasteiger partial charge on any atom is -0.360 e. The van der Waals surface area contributed by atoms with E-state index in [9.17, 15) is 17.6 Å². The van der Waals surface area contributed by atoms with Gasteiger partial charge in [0.05, 0.1) is 10.7 Å².